The van der Waals surface area contributed by atoms with Crippen LogP contribution in [0.2, 0.25) is 0 Å². The molecular weight excluding hydrogens is 308 g/mol. The average Bonchev–Trinajstić information content (AvgIpc) is 2.93. The largest absolute Gasteiger partial charge is 0.344 e. The molecule has 0 fully saturated rings. The number of aryl methyl sites for hydroxylation is 2. The van der Waals surface area contributed by atoms with E-state index >= 15 is 0 Å². The maximum Gasteiger partial charge on any atom is 0.268 e. The second-order valence-corrected chi connectivity index (χ2v) is 5.29. The third-order valence-corrected chi connectivity index (χ3v) is 3.32. The van der Waals surface area contributed by atoms with E-state index in [1.54, 1.807) is 6.20 Å². The van der Waals surface area contributed by atoms with E-state index < -0.39 is 0 Å². The molecule has 102 valence electrons. The number of carbonyl (C=O) groups excluding carboxylic acids is 1. The first-order valence-electron chi connectivity index (χ1n) is 6.22. The zero-order valence-electron chi connectivity index (χ0n) is 11.1. The topological polar surface area (TPSA) is 51.9 Å². The molecule has 19 heavy (non-hydrogen) atoms. The van der Waals surface area contributed by atoms with Gasteiger partial charge in [0.1, 0.15) is 11.5 Å². The van der Waals surface area contributed by atoms with Gasteiger partial charge in [0.25, 0.3) is 5.91 Å². The summed E-state index contributed by atoms with van der Waals surface area (Å²) in [5, 5.41) is 2.89. The Bertz CT molecular complexity index is 573. The molecule has 0 radical (unpaired) electrons. The van der Waals surface area contributed by atoms with Crippen LogP contribution in [0.15, 0.2) is 29.1 Å². The van der Waals surface area contributed by atoms with Crippen LogP contribution in [0.1, 0.15) is 29.7 Å². The number of rotatable bonds is 5. The Morgan fingerprint density at radius 3 is 2.95 bits per heavy atom. The van der Waals surface area contributed by atoms with Crippen molar-refractivity contribution in [1.29, 1.82) is 0 Å². The summed E-state index contributed by atoms with van der Waals surface area (Å²) in [6, 6.07) is 1.84. The summed E-state index contributed by atoms with van der Waals surface area (Å²) in [7, 11) is 1.91. The number of nitrogens with zero attached hydrogens (tertiary/aromatic N) is 3. The predicted octanol–water partition coefficient (Wildman–Crippen LogP) is 2.32. The summed E-state index contributed by atoms with van der Waals surface area (Å²) in [6.45, 7) is 3.34. The molecule has 1 amide bonds. The maximum atomic E-state index is 12.2. The normalized spacial score (nSPS) is 10.7. The molecular formula is C13H17BrN4O. The quantitative estimate of drug-likeness (QED) is 0.917. The molecule has 1 N–H and O–H groups in total. The van der Waals surface area contributed by atoms with E-state index in [0.717, 1.165) is 23.3 Å². The number of imidazole rings is 1. The summed E-state index contributed by atoms with van der Waals surface area (Å²) in [6.07, 6.45) is 6.50. The van der Waals surface area contributed by atoms with E-state index in [-0.39, 0.29) is 5.91 Å². The molecule has 0 aromatic carbocycles. The number of hydrogen-bond donors (Lipinski definition) is 1. The fourth-order valence-electron chi connectivity index (χ4n) is 1.91. The highest BCUT2D eigenvalue weighted by atomic mass is 79.9. The van der Waals surface area contributed by atoms with Crippen LogP contribution in [0.3, 0.4) is 0 Å². The maximum absolute atomic E-state index is 12.2. The molecule has 0 bridgehead atoms. The van der Waals surface area contributed by atoms with Crippen LogP contribution >= 0.6 is 15.9 Å². The minimum atomic E-state index is -0.0813. The third-order valence-electron chi connectivity index (χ3n) is 2.89. The molecule has 5 nitrogen and oxygen atoms in total. The average molecular weight is 325 g/mol. The number of nitrogens with one attached hydrogen (secondary N) is 1. The van der Waals surface area contributed by atoms with Crippen LogP contribution in [0.5, 0.6) is 0 Å². The summed E-state index contributed by atoms with van der Waals surface area (Å²) < 4.78 is 4.77. The van der Waals surface area contributed by atoms with Gasteiger partial charge in [-0.3, -0.25) is 4.79 Å². The second-order valence-electron chi connectivity index (χ2n) is 4.37. The first-order chi connectivity index (χ1) is 9.11. The van der Waals surface area contributed by atoms with E-state index in [2.05, 4.69) is 33.2 Å². The van der Waals surface area contributed by atoms with Crippen LogP contribution in [0.25, 0.3) is 0 Å². The third kappa shape index (κ3) is 3.26. The minimum absolute atomic E-state index is 0.0813. The molecule has 2 aromatic rings. The molecule has 0 unspecified atom stereocenters. The lowest BCUT2D eigenvalue weighted by atomic mass is 10.3. The lowest BCUT2D eigenvalue weighted by molar-refractivity contribution is 0.0940. The lowest BCUT2D eigenvalue weighted by Gasteiger charge is -2.08. The first-order valence-corrected chi connectivity index (χ1v) is 7.01. The van der Waals surface area contributed by atoms with Gasteiger partial charge in [-0.1, -0.05) is 6.92 Å². The van der Waals surface area contributed by atoms with Crippen molar-refractivity contribution in [1.82, 2.24) is 19.4 Å². The Kier molecular flexibility index (Phi) is 4.42. The van der Waals surface area contributed by atoms with Crippen molar-refractivity contribution in [2.24, 2.45) is 7.05 Å². The van der Waals surface area contributed by atoms with E-state index in [9.17, 15) is 4.79 Å². The lowest BCUT2D eigenvalue weighted by Crippen LogP contribution is -2.26. The van der Waals surface area contributed by atoms with Gasteiger partial charge in [0.05, 0.1) is 6.54 Å². The van der Waals surface area contributed by atoms with E-state index in [0.29, 0.717) is 12.2 Å². The number of halogens is 1. The van der Waals surface area contributed by atoms with E-state index in [1.165, 1.54) is 0 Å². The highest BCUT2D eigenvalue weighted by Crippen LogP contribution is 2.15. The fourth-order valence-corrected chi connectivity index (χ4v) is 2.37. The molecule has 0 saturated heterocycles. The van der Waals surface area contributed by atoms with Gasteiger partial charge >= 0.3 is 0 Å². The summed E-state index contributed by atoms with van der Waals surface area (Å²) in [5.74, 6) is 0.753. The van der Waals surface area contributed by atoms with Crippen LogP contribution < -0.4 is 5.32 Å². The molecule has 0 aliphatic heterocycles. The van der Waals surface area contributed by atoms with Crippen LogP contribution in [0, 0.1) is 0 Å². The van der Waals surface area contributed by atoms with Crippen molar-refractivity contribution in [3.8, 4) is 0 Å². The Hall–Kier alpha value is -1.56. The SMILES string of the molecule is CCCn1cc(Br)cc1C(=O)NCc1nccn1C. The van der Waals surface area contributed by atoms with Gasteiger partial charge in [-0.25, -0.2) is 4.98 Å². The minimum Gasteiger partial charge on any atom is -0.344 e. The van der Waals surface area contributed by atoms with Gasteiger partial charge in [-0.05, 0) is 28.4 Å². The Labute approximate surface area is 120 Å². The van der Waals surface area contributed by atoms with Gasteiger partial charge < -0.3 is 14.5 Å². The predicted molar refractivity (Wildman–Crippen MR) is 76.8 cm³/mol. The van der Waals surface area contributed by atoms with Crippen molar-refractivity contribution < 1.29 is 4.79 Å². The molecule has 0 atom stereocenters. The van der Waals surface area contributed by atoms with Gasteiger partial charge in [-0.15, -0.1) is 0 Å². The first kappa shape index (κ1) is 13.9. The van der Waals surface area contributed by atoms with Crippen molar-refractivity contribution >= 4 is 21.8 Å². The fraction of sp³-hybridized carbons (Fsp3) is 0.385. The van der Waals surface area contributed by atoms with Crippen molar-refractivity contribution in [3.05, 3.63) is 40.6 Å². The number of hydrogen-bond acceptors (Lipinski definition) is 2. The second kappa shape index (κ2) is 6.06. The van der Waals surface area contributed by atoms with Gasteiger partial charge in [0.15, 0.2) is 0 Å². The molecule has 2 aromatic heterocycles. The molecule has 0 aliphatic carbocycles. The summed E-state index contributed by atoms with van der Waals surface area (Å²) in [4.78, 5) is 16.3. The highest BCUT2D eigenvalue weighted by Gasteiger charge is 2.13. The molecule has 0 spiro atoms. The van der Waals surface area contributed by atoms with Crippen molar-refractivity contribution in [2.75, 3.05) is 0 Å². The number of amides is 1. The standard InChI is InChI=1S/C13H17BrN4O/c1-3-5-18-9-10(14)7-11(18)13(19)16-8-12-15-4-6-17(12)2/h4,6-7,9H,3,5,8H2,1-2H3,(H,16,19). The molecule has 2 heterocycles. The molecule has 6 heteroatoms. The van der Waals surface area contributed by atoms with E-state index in [1.807, 2.05) is 34.6 Å². The smallest absolute Gasteiger partial charge is 0.268 e. The Morgan fingerprint density at radius 2 is 2.32 bits per heavy atom. The van der Waals surface area contributed by atoms with Crippen molar-refractivity contribution in [2.45, 2.75) is 26.4 Å². The zero-order chi connectivity index (χ0) is 13.8. The molecule has 0 aliphatic rings. The summed E-state index contributed by atoms with van der Waals surface area (Å²) >= 11 is 3.41. The van der Waals surface area contributed by atoms with Crippen LogP contribution in [0.4, 0.5) is 0 Å². The Balaban J connectivity index is 2.05. The molecule has 0 saturated carbocycles. The zero-order valence-corrected chi connectivity index (χ0v) is 12.6. The highest BCUT2D eigenvalue weighted by molar-refractivity contribution is 9.10. The van der Waals surface area contributed by atoms with E-state index in [4.69, 9.17) is 0 Å². The monoisotopic (exact) mass is 324 g/mol. The van der Waals surface area contributed by atoms with Gasteiger partial charge in [0.2, 0.25) is 0 Å². The molecule has 2 rings (SSSR count). The number of aromatic nitrogens is 3. The van der Waals surface area contributed by atoms with Crippen molar-refractivity contribution in [3.63, 3.8) is 0 Å². The Morgan fingerprint density at radius 1 is 1.53 bits per heavy atom. The summed E-state index contributed by atoms with van der Waals surface area (Å²) in [5.41, 5.74) is 0.669. The van der Waals surface area contributed by atoms with Gasteiger partial charge in [0, 0.05) is 36.7 Å². The van der Waals surface area contributed by atoms with Gasteiger partial charge in [-0.2, -0.15) is 0 Å². The number of carbonyl (C=O) groups is 1. The van der Waals surface area contributed by atoms with Crippen LogP contribution in [-0.4, -0.2) is 20.0 Å². The van der Waals surface area contributed by atoms with Crippen LogP contribution in [-0.2, 0) is 20.1 Å².